The lowest BCUT2D eigenvalue weighted by Crippen LogP contribution is -2.52. The number of benzene rings is 1. The van der Waals surface area contributed by atoms with Crippen molar-refractivity contribution in [3.05, 3.63) is 29.3 Å². The van der Waals surface area contributed by atoms with Crippen LogP contribution in [0.15, 0.2) is 18.2 Å². The van der Waals surface area contributed by atoms with Crippen LogP contribution in [0.25, 0.3) is 0 Å². The monoisotopic (exact) mass is 235 g/mol. The number of fused-ring (bicyclic) bond motifs is 1. The van der Waals surface area contributed by atoms with Gasteiger partial charge in [-0.05, 0) is 36.1 Å². The highest BCUT2D eigenvalue weighted by Crippen LogP contribution is 2.29. The fraction of sp³-hybridized carbons (Fsp3) is 0.364. The number of aryl methyl sites for hydroxylation is 1. The number of nitrogens with two attached hydrogens (primary N) is 1. The van der Waals surface area contributed by atoms with Crippen LogP contribution in [-0.2, 0) is 17.6 Å². The molecule has 5 nitrogen and oxygen atoms in total. The number of hydrogen-bond donors (Lipinski definition) is 3. The lowest BCUT2D eigenvalue weighted by Gasteiger charge is -2.30. The number of carboxylic acids is 1. The lowest BCUT2D eigenvalue weighted by atomic mass is 9.78. The van der Waals surface area contributed by atoms with Crippen molar-refractivity contribution in [2.75, 3.05) is 0 Å². The Balaban J connectivity index is 2.26. The fourth-order valence-corrected chi connectivity index (χ4v) is 2.14. The Kier molecular flexibility index (Phi) is 3.08. The van der Waals surface area contributed by atoms with Crippen LogP contribution >= 0.6 is 0 Å². The maximum atomic E-state index is 11.1. The molecule has 0 heterocycles. The molecular formula is C11H14BNO4. The molecule has 1 atom stereocenters. The van der Waals surface area contributed by atoms with Crippen molar-refractivity contribution >= 4 is 13.7 Å². The van der Waals surface area contributed by atoms with E-state index >= 15 is 0 Å². The first-order valence-corrected chi connectivity index (χ1v) is 5.43. The van der Waals surface area contributed by atoms with Crippen LogP contribution in [0.5, 0.6) is 5.75 Å². The molecule has 1 aliphatic rings. The summed E-state index contributed by atoms with van der Waals surface area (Å²) in [6, 6.07) is 5.35. The Morgan fingerprint density at radius 2 is 2.24 bits per heavy atom. The smallest absolute Gasteiger partial charge is 0.504 e. The summed E-state index contributed by atoms with van der Waals surface area (Å²) < 4.78 is 4.98. The van der Waals surface area contributed by atoms with Crippen molar-refractivity contribution in [2.45, 2.75) is 24.8 Å². The van der Waals surface area contributed by atoms with Gasteiger partial charge in [-0.15, -0.1) is 0 Å². The number of carboxylic acid groups (broad SMARTS) is 1. The van der Waals surface area contributed by atoms with Gasteiger partial charge in [0.25, 0.3) is 0 Å². The minimum Gasteiger partial charge on any atom is -0.539 e. The third-order valence-electron chi connectivity index (χ3n) is 3.18. The molecule has 0 fully saturated rings. The molecule has 1 aromatic carbocycles. The molecule has 1 unspecified atom stereocenters. The van der Waals surface area contributed by atoms with E-state index in [1.807, 2.05) is 12.1 Å². The van der Waals surface area contributed by atoms with Crippen molar-refractivity contribution in [1.82, 2.24) is 0 Å². The van der Waals surface area contributed by atoms with Crippen LogP contribution in [0, 0.1) is 0 Å². The van der Waals surface area contributed by atoms with E-state index in [-0.39, 0.29) is 7.69 Å². The summed E-state index contributed by atoms with van der Waals surface area (Å²) in [5.41, 5.74) is 6.66. The van der Waals surface area contributed by atoms with E-state index in [4.69, 9.17) is 20.5 Å². The molecule has 0 saturated carbocycles. The maximum absolute atomic E-state index is 11.1. The predicted molar refractivity (Wildman–Crippen MR) is 63.0 cm³/mol. The molecule has 4 N–H and O–H groups in total. The Hall–Kier alpha value is -1.53. The summed E-state index contributed by atoms with van der Waals surface area (Å²) in [6.45, 7) is 0. The van der Waals surface area contributed by atoms with Crippen LogP contribution in [0.2, 0.25) is 0 Å². The molecular weight excluding hydrogens is 221 g/mol. The van der Waals surface area contributed by atoms with Crippen LogP contribution in [0.3, 0.4) is 0 Å². The molecule has 0 amide bonds. The maximum Gasteiger partial charge on any atom is 0.504 e. The largest absolute Gasteiger partial charge is 0.539 e. The van der Waals surface area contributed by atoms with Gasteiger partial charge in [-0.25, -0.2) is 0 Å². The minimum atomic E-state index is -1.16. The summed E-state index contributed by atoms with van der Waals surface area (Å²) in [7, 11) is -0.366. The van der Waals surface area contributed by atoms with E-state index in [1.165, 1.54) is 0 Å². The highest BCUT2D eigenvalue weighted by molar-refractivity contribution is 6.17. The third kappa shape index (κ3) is 2.27. The van der Waals surface area contributed by atoms with Gasteiger partial charge in [0.2, 0.25) is 0 Å². The van der Waals surface area contributed by atoms with Crippen LogP contribution in [0.1, 0.15) is 17.5 Å². The fourth-order valence-electron chi connectivity index (χ4n) is 2.14. The molecule has 17 heavy (non-hydrogen) atoms. The minimum absolute atomic E-state index is 0.330. The Labute approximate surface area is 99.5 Å². The second-order valence-corrected chi connectivity index (χ2v) is 4.34. The van der Waals surface area contributed by atoms with Gasteiger partial charge >= 0.3 is 13.7 Å². The number of hydrogen-bond acceptors (Lipinski definition) is 4. The summed E-state index contributed by atoms with van der Waals surface area (Å²) in [5.74, 6) is -0.370. The van der Waals surface area contributed by atoms with Gasteiger partial charge in [-0.2, -0.15) is 0 Å². The molecule has 0 radical (unpaired) electrons. The summed E-state index contributed by atoms with van der Waals surface area (Å²) in [4.78, 5) is 11.1. The standard InChI is InChI=1S/C11H14BNO4/c13-11(10(14)15)4-3-7-5-9(17-12-16)2-1-8(7)6-11/h1-2,5,12,16H,3-4,6,13H2,(H,14,15). The van der Waals surface area contributed by atoms with Crippen LogP contribution < -0.4 is 10.4 Å². The molecule has 1 aliphatic carbocycles. The van der Waals surface area contributed by atoms with E-state index in [1.54, 1.807) is 6.07 Å². The molecule has 1 aromatic rings. The van der Waals surface area contributed by atoms with E-state index in [0.29, 0.717) is 25.0 Å². The Bertz CT molecular complexity index is 451. The van der Waals surface area contributed by atoms with Gasteiger partial charge in [0.1, 0.15) is 11.3 Å². The number of aliphatic carboxylic acids is 1. The second kappa shape index (κ2) is 4.39. The zero-order valence-electron chi connectivity index (χ0n) is 9.35. The number of carbonyl (C=O) groups is 1. The first-order valence-electron chi connectivity index (χ1n) is 5.43. The van der Waals surface area contributed by atoms with Gasteiger partial charge in [0.05, 0.1) is 0 Å². The summed E-state index contributed by atoms with van der Waals surface area (Å²) >= 11 is 0. The highest BCUT2D eigenvalue weighted by atomic mass is 16.5. The second-order valence-electron chi connectivity index (χ2n) is 4.34. The van der Waals surface area contributed by atoms with E-state index in [9.17, 15) is 4.79 Å². The zero-order chi connectivity index (χ0) is 12.5. The number of rotatable bonds is 3. The Morgan fingerprint density at radius 1 is 1.47 bits per heavy atom. The van der Waals surface area contributed by atoms with Crippen molar-refractivity contribution in [3.63, 3.8) is 0 Å². The quantitative estimate of drug-likeness (QED) is 0.619. The first kappa shape index (κ1) is 11.9. The molecule has 6 heteroatoms. The average Bonchev–Trinajstić information content (AvgIpc) is 2.30. The molecule has 90 valence electrons. The SMILES string of the molecule is NC1(C(=O)O)CCc2cc(OBO)ccc2C1. The van der Waals surface area contributed by atoms with Crippen molar-refractivity contribution < 1.29 is 19.6 Å². The molecule has 0 bridgehead atoms. The van der Waals surface area contributed by atoms with Crippen molar-refractivity contribution in [3.8, 4) is 5.75 Å². The summed E-state index contributed by atoms with van der Waals surface area (Å²) in [6.07, 6.45) is 1.36. The van der Waals surface area contributed by atoms with Gasteiger partial charge in [-0.3, -0.25) is 4.79 Å². The molecule has 0 spiro atoms. The van der Waals surface area contributed by atoms with Gasteiger partial charge in [0, 0.05) is 6.42 Å². The van der Waals surface area contributed by atoms with E-state index in [0.717, 1.165) is 11.1 Å². The normalized spacial score (nSPS) is 22.7. The van der Waals surface area contributed by atoms with Gasteiger partial charge < -0.3 is 20.5 Å². The van der Waals surface area contributed by atoms with E-state index < -0.39 is 11.5 Å². The third-order valence-corrected chi connectivity index (χ3v) is 3.18. The first-order chi connectivity index (χ1) is 8.05. The van der Waals surface area contributed by atoms with Gasteiger partial charge in [-0.1, -0.05) is 6.07 Å². The molecule has 0 saturated heterocycles. The zero-order valence-corrected chi connectivity index (χ0v) is 9.35. The highest BCUT2D eigenvalue weighted by Gasteiger charge is 2.37. The predicted octanol–water partition coefficient (Wildman–Crippen LogP) is -0.405. The lowest BCUT2D eigenvalue weighted by molar-refractivity contribution is -0.143. The van der Waals surface area contributed by atoms with Crippen LogP contribution in [0.4, 0.5) is 0 Å². The average molecular weight is 235 g/mol. The van der Waals surface area contributed by atoms with Gasteiger partial charge in [0.15, 0.2) is 0 Å². The molecule has 0 aliphatic heterocycles. The topological polar surface area (TPSA) is 92.8 Å². The molecule has 2 rings (SSSR count). The van der Waals surface area contributed by atoms with Crippen molar-refractivity contribution in [2.24, 2.45) is 5.73 Å². The van der Waals surface area contributed by atoms with Crippen LogP contribution in [-0.4, -0.2) is 29.3 Å². The Morgan fingerprint density at radius 3 is 2.88 bits per heavy atom. The van der Waals surface area contributed by atoms with Crippen molar-refractivity contribution in [1.29, 1.82) is 0 Å². The summed E-state index contributed by atoms with van der Waals surface area (Å²) in [5, 5.41) is 17.7. The molecule has 0 aromatic heterocycles. The van der Waals surface area contributed by atoms with E-state index in [2.05, 4.69) is 0 Å².